The molecule has 0 amide bonds. The highest BCUT2D eigenvalue weighted by Gasteiger charge is 2.70. The van der Waals surface area contributed by atoms with Gasteiger partial charge in [-0.2, -0.15) is 0 Å². The molecule has 0 aliphatic heterocycles. The SMILES string of the molecule is c1ccc(-c2nc(-c3ccccc3)nc(-c3ccc4c(c3)C3(c5ccccc5-c5ccccc53)c3ccc(-c5ccc6c(c5)-c5ccccc5C5CC7CC8CC6C78C5)cc3-4)n2)cc1. The van der Waals surface area contributed by atoms with Crippen LogP contribution in [0.15, 0.2) is 188 Å². The maximum absolute atomic E-state index is 5.21. The Labute approximate surface area is 373 Å². The maximum atomic E-state index is 5.21. The van der Waals surface area contributed by atoms with Crippen LogP contribution in [0.4, 0.5) is 0 Å². The van der Waals surface area contributed by atoms with Crippen molar-refractivity contribution in [3.8, 4) is 78.7 Å². The number of benzene rings is 8. The lowest BCUT2D eigenvalue weighted by Crippen LogP contribution is -2.58. The molecule has 64 heavy (non-hydrogen) atoms. The van der Waals surface area contributed by atoms with Crippen LogP contribution in [-0.4, -0.2) is 15.0 Å². The smallest absolute Gasteiger partial charge is 0.164 e. The van der Waals surface area contributed by atoms with Gasteiger partial charge in [0, 0.05) is 16.7 Å². The Balaban J connectivity index is 0.936. The first kappa shape index (κ1) is 35.3. The minimum atomic E-state index is -0.506. The number of hydrogen-bond acceptors (Lipinski definition) is 3. The third-order valence-electron chi connectivity index (χ3n) is 16.9. The van der Waals surface area contributed by atoms with Gasteiger partial charge in [-0.1, -0.05) is 170 Å². The zero-order valence-electron chi connectivity index (χ0n) is 35.4. The van der Waals surface area contributed by atoms with E-state index in [0.29, 0.717) is 34.7 Å². The number of fused-ring (bicyclic) bond motifs is 16. The number of aromatic nitrogens is 3. The molecule has 3 heteroatoms. The summed E-state index contributed by atoms with van der Waals surface area (Å²) in [6, 6.07) is 69.9. The Kier molecular flexibility index (Phi) is 7.00. The van der Waals surface area contributed by atoms with Gasteiger partial charge in [0.1, 0.15) is 0 Å². The molecule has 0 N–H and O–H groups in total. The van der Waals surface area contributed by atoms with E-state index < -0.39 is 5.41 Å². The van der Waals surface area contributed by atoms with Crippen LogP contribution in [0.2, 0.25) is 0 Å². The van der Waals surface area contributed by atoms with Crippen LogP contribution >= 0.6 is 0 Å². The Morgan fingerprint density at radius 2 is 0.875 bits per heavy atom. The fourth-order valence-corrected chi connectivity index (χ4v) is 14.3. The molecule has 1 heterocycles. The highest BCUT2D eigenvalue weighted by atomic mass is 15.0. The molecular weight excluding hydrogens is 775 g/mol. The molecule has 5 atom stereocenters. The Bertz CT molecular complexity index is 3340. The standard InChI is InChI=1S/C61H43N3/c1-3-13-36(14-4-1)57-62-58(37-15-5-2-6-16-37)64-59(63-57)40-24-27-49-51-31-39(25-28-54(51)61(56(49)32-40)52-21-11-9-19-46(52)47-20-10-12-22-53(47)61)38-23-26-48-50(30-38)45-18-8-7-17-44(45)41-29-42-33-43-34-55(48)60(42,43)35-41/h1-28,30-32,41-43,55H,29,33-35H2. The van der Waals surface area contributed by atoms with Crippen LogP contribution < -0.4 is 0 Å². The van der Waals surface area contributed by atoms with E-state index in [1.807, 2.05) is 36.4 Å². The Hall–Kier alpha value is -7.23. The van der Waals surface area contributed by atoms with Gasteiger partial charge in [-0.3, -0.25) is 0 Å². The summed E-state index contributed by atoms with van der Waals surface area (Å²) >= 11 is 0. The molecule has 1 aromatic heterocycles. The van der Waals surface area contributed by atoms with E-state index in [2.05, 4.69) is 152 Å². The van der Waals surface area contributed by atoms with Crippen LogP contribution in [0, 0.1) is 17.3 Å². The first-order valence-electron chi connectivity index (χ1n) is 23.3. The lowest BCUT2D eigenvalue weighted by atomic mass is 9.37. The summed E-state index contributed by atoms with van der Waals surface area (Å²) in [5.41, 5.74) is 22.0. The molecule has 3 fully saturated rings. The van der Waals surface area contributed by atoms with Gasteiger partial charge in [-0.25, -0.2) is 15.0 Å². The average molecular weight is 818 g/mol. The highest BCUT2D eigenvalue weighted by molar-refractivity contribution is 5.97. The summed E-state index contributed by atoms with van der Waals surface area (Å²) in [5.74, 6) is 5.22. The van der Waals surface area contributed by atoms with E-state index in [1.165, 1.54) is 92.4 Å². The van der Waals surface area contributed by atoms with Crippen molar-refractivity contribution < 1.29 is 0 Å². The second-order valence-corrected chi connectivity index (χ2v) is 19.5. The van der Waals surface area contributed by atoms with Crippen LogP contribution in [-0.2, 0) is 5.41 Å². The fourth-order valence-electron chi connectivity index (χ4n) is 14.3. The van der Waals surface area contributed by atoms with E-state index in [9.17, 15) is 0 Å². The lowest BCUT2D eigenvalue weighted by molar-refractivity contribution is -0.144. The van der Waals surface area contributed by atoms with Gasteiger partial charge >= 0.3 is 0 Å². The van der Waals surface area contributed by atoms with Crippen LogP contribution in [0.5, 0.6) is 0 Å². The zero-order valence-corrected chi connectivity index (χ0v) is 35.4. The summed E-state index contributed by atoms with van der Waals surface area (Å²) in [6.45, 7) is 0. The predicted molar refractivity (Wildman–Crippen MR) is 257 cm³/mol. The second kappa shape index (κ2) is 12.7. The molecule has 3 nitrogen and oxygen atoms in total. The lowest BCUT2D eigenvalue weighted by Gasteiger charge is -2.67. The third-order valence-corrected chi connectivity index (χ3v) is 16.9. The van der Waals surface area contributed by atoms with E-state index >= 15 is 0 Å². The first-order valence-corrected chi connectivity index (χ1v) is 23.3. The molecule has 15 rings (SSSR count). The first-order chi connectivity index (χ1) is 31.7. The minimum Gasteiger partial charge on any atom is -0.208 e. The molecule has 8 aromatic carbocycles. The van der Waals surface area contributed by atoms with Crippen molar-refractivity contribution in [3.63, 3.8) is 0 Å². The van der Waals surface area contributed by atoms with Crippen molar-refractivity contribution >= 4 is 0 Å². The van der Waals surface area contributed by atoms with Gasteiger partial charge in [0.2, 0.25) is 0 Å². The van der Waals surface area contributed by atoms with Crippen molar-refractivity contribution in [2.75, 3.05) is 0 Å². The van der Waals surface area contributed by atoms with Crippen molar-refractivity contribution in [1.29, 1.82) is 0 Å². The number of rotatable bonds is 4. The van der Waals surface area contributed by atoms with E-state index in [4.69, 9.17) is 15.0 Å². The van der Waals surface area contributed by atoms with E-state index in [0.717, 1.165) is 28.5 Å². The molecule has 2 bridgehead atoms. The van der Waals surface area contributed by atoms with Crippen LogP contribution in [0.1, 0.15) is 70.9 Å². The summed E-state index contributed by atoms with van der Waals surface area (Å²) in [5, 5.41) is 0. The number of nitrogens with zero attached hydrogens (tertiary/aromatic N) is 3. The topological polar surface area (TPSA) is 38.7 Å². The molecule has 5 unspecified atom stereocenters. The molecule has 0 radical (unpaired) electrons. The summed E-state index contributed by atoms with van der Waals surface area (Å²) in [7, 11) is 0. The van der Waals surface area contributed by atoms with Crippen molar-refractivity contribution in [1.82, 2.24) is 15.0 Å². The average Bonchev–Trinajstić information content (AvgIpc) is 3.98. The molecule has 302 valence electrons. The fraction of sp³-hybridized carbons (Fsp3) is 0.164. The van der Waals surface area contributed by atoms with Crippen LogP contribution in [0.25, 0.3) is 78.7 Å². The molecule has 9 aromatic rings. The summed E-state index contributed by atoms with van der Waals surface area (Å²) in [6.07, 6.45) is 5.59. The monoisotopic (exact) mass is 817 g/mol. The third kappa shape index (κ3) is 4.49. The van der Waals surface area contributed by atoms with Crippen LogP contribution in [0.3, 0.4) is 0 Å². The highest BCUT2D eigenvalue weighted by Crippen LogP contribution is 2.80. The quantitative estimate of drug-likeness (QED) is 0.178. The van der Waals surface area contributed by atoms with Crippen molar-refractivity contribution in [2.45, 2.75) is 42.9 Å². The van der Waals surface area contributed by atoms with Gasteiger partial charge in [0.15, 0.2) is 17.5 Å². The van der Waals surface area contributed by atoms with E-state index in [1.54, 1.807) is 11.1 Å². The Morgan fingerprint density at radius 1 is 0.344 bits per heavy atom. The normalized spacial score (nSPS) is 22.6. The van der Waals surface area contributed by atoms with Gasteiger partial charge in [-0.15, -0.1) is 0 Å². The predicted octanol–water partition coefficient (Wildman–Crippen LogP) is 14.6. The summed E-state index contributed by atoms with van der Waals surface area (Å²) < 4.78 is 0. The molecular formula is C61H43N3. The van der Waals surface area contributed by atoms with Gasteiger partial charge in [0.25, 0.3) is 0 Å². The number of hydrogen-bond donors (Lipinski definition) is 0. The summed E-state index contributed by atoms with van der Waals surface area (Å²) in [4.78, 5) is 15.4. The van der Waals surface area contributed by atoms with Crippen molar-refractivity contribution in [2.24, 2.45) is 17.3 Å². The largest absolute Gasteiger partial charge is 0.208 e. The van der Waals surface area contributed by atoms with Gasteiger partial charge in [-0.05, 0) is 151 Å². The minimum absolute atomic E-state index is 0.506. The van der Waals surface area contributed by atoms with Crippen molar-refractivity contribution in [3.05, 3.63) is 221 Å². The Morgan fingerprint density at radius 3 is 1.56 bits per heavy atom. The van der Waals surface area contributed by atoms with E-state index in [-0.39, 0.29) is 0 Å². The molecule has 6 aliphatic rings. The van der Waals surface area contributed by atoms with Gasteiger partial charge in [0.05, 0.1) is 5.41 Å². The zero-order chi connectivity index (χ0) is 41.7. The molecule has 2 spiro atoms. The maximum Gasteiger partial charge on any atom is 0.164 e. The second-order valence-electron chi connectivity index (χ2n) is 19.5. The molecule has 6 aliphatic carbocycles. The molecule has 0 saturated heterocycles. The molecule has 3 saturated carbocycles. The van der Waals surface area contributed by atoms with Gasteiger partial charge < -0.3 is 0 Å².